The highest BCUT2D eigenvalue weighted by atomic mass is 35.5. The smallest absolute Gasteiger partial charge is 0.237 e. The van der Waals surface area contributed by atoms with Crippen molar-refractivity contribution in [3.05, 3.63) is 30.1 Å². The van der Waals surface area contributed by atoms with Crippen molar-refractivity contribution in [2.45, 2.75) is 45.2 Å². The third-order valence-corrected chi connectivity index (χ3v) is 4.00. The minimum Gasteiger partial charge on any atom is -0.369 e. The molecule has 24 heavy (non-hydrogen) atoms. The standard InChI is InChI=1S/C17H26FN3O.2ClH/c1-12(2)9-16(19)17(22)20-14-6-4-8-21(11-14)15-7-3-5-13(18)10-15;;/h3,5,7,10,12,14,16H,4,6,8-9,11,19H2,1-2H3,(H,20,22);2*1H/t14?,16-;;/m0../s1. The van der Waals surface area contributed by atoms with Gasteiger partial charge in [0.2, 0.25) is 5.91 Å². The minimum absolute atomic E-state index is 0. The number of carbonyl (C=O) groups excluding carboxylic acids is 1. The lowest BCUT2D eigenvalue weighted by Crippen LogP contribution is -2.52. The van der Waals surface area contributed by atoms with E-state index in [4.69, 9.17) is 5.73 Å². The molecule has 0 aromatic heterocycles. The predicted molar refractivity (Wildman–Crippen MR) is 102 cm³/mol. The van der Waals surface area contributed by atoms with Gasteiger partial charge in [0.15, 0.2) is 0 Å². The van der Waals surface area contributed by atoms with Gasteiger partial charge in [0.05, 0.1) is 6.04 Å². The first-order valence-electron chi connectivity index (χ1n) is 8.02. The zero-order valence-corrected chi connectivity index (χ0v) is 15.8. The largest absolute Gasteiger partial charge is 0.369 e. The zero-order valence-electron chi connectivity index (χ0n) is 14.2. The monoisotopic (exact) mass is 379 g/mol. The van der Waals surface area contributed by atoms with Gasteiger partial charge in [-0.2, -0.15) is 0 Å². The fraction of sp³-hybridized carbons (Fsp3) is 0.588. The van der Waals surface area contributed by atoms with E-state index in [-0.39, 0.29) is 42.6 Å². The molecule has 1 aromatic rings. The fourth-order valence-corrected chi connectivity index (χ4v) is 2.93. The van der Waals surface area contributed by atoms with Gasteiger partial charge >= 0.3 is 0 Å². The second kappa shape index (κ2) is 10.7. The Balaban J connectivity index is 0.00000264. The Morgan fingerprint density at radius 3 is 2.75 bits per heavy atom. The summed E-state index contributed by atoms with van der Waals surface area (Å²) in [6, 6.07) is 6.21. The van der Waals surface area contributed by atoms with Crippen LogP contribution in [0, 0.1) is 11.7 Å². The average molecular weight is 380 g/mol. The van der Waals surface area contributed by atoms with E-state index < -0.39 is 6.04 Å². The average Bonchev–Trinajstić information content (AvgIpc) is 2.47. The summed E-state index contributed by atoms with van der Waals surface area (Å²) in [7, 11) is 0. The molecule has 0 radical (unpaired) electrons. The highest BCUT2D eigenvalue weighted by Gasteiger charge is 2.24. The molecular formula is C17H28Cl2FN3O. The number of nitrogens with one attached hydrogen (secondary N) is 1. The topological polar surface area (TPSA) is 58.4 Å². The lowest BCUT2D eigenvalue weighted by molar-refractivity contribution is -0.123. The number of benzene rings is 1. The maximum absolute atomic E-state index is 13.3. The Kier molecular flexibility index (Phi) is 10.3. The van der Waals surface area contributed by atoms with Crippen LogP contribution in [0.3, 0.4) is 0 Å². The van der Waals surface area contributed by atoms with Crippen molar-refractivity contribution < 1.29 is 9.18 Å². The fourth-order valence-electron chi connectivity index (χ4n) is 2.93. The summed E-state index contributed by atoms with van der Waals surface area (Å²) in [5.41, 5.74) is 6.79. The molecule has 1 saturated heterocycles. The van der Waals surface area contributed by atoms with Crippen LogP contribution in [-0.2, 0) is 4.79 Å². The first-order valence-corrected chi connectivity index (χ1v) is 8.02. The number of piperidine rings is 1. The van der Waals surface area contributed by atoms with E-state index in [1.54, 1.807) is 6.07 Å². The molecule has 3 N–H and O–H groups in total. The van der Waals surface area contributed by atoms with Crippen molar-refractivity contribution in [1.29, 1.82) is 0 Å². The van der Waals surface area contributed by atoms with Crippen LogP contribution in [0.4, 0.5) is 10.1 Å². The summed E-state index contributed by atoms with van der Waals surface area (Å²) in [5.74, 6) is 0.0818. The Hall–Kier alpha value is -1.04. The Morgan fingerprint density at radius 2 is 2.12 bits per heavy atom. The molecule has 0 aliphatic carbocycles. The van der Waals surface area contributed by atoms with Crippen molar-refractivity contribution in [3.63, 3.8) is 0 Å². The van der Waals surface area contributed by atoms with Crippen LogP contribution in [0.1, 0.15) is 33.1 Å². The summed E-state index contributed by atoms with van der Waals surface area (Å²) in [4.78, 5) is 14.2. The summed E-state index contributed by atoms with van der Waals surface area (Å²) in [6.07, 6.45) is 2.60. The molecule has 1 aliphatic heterocycles. The molecule has 2 rings (SSSR count). The number of carbonyl (C=O) groups is 1. The van der Waals surface area contributed by atoms with Crippen LogP contribution in [0.15, 0.2) is 24.3 Å². The van der Waals surface area contributed by atoms with Gasteiger partial charge in [0, 0.05) is 24.8 Å². The van der Waals surface area contributed by atoms with Crippen LogP contribution < -0.4 is 16.0 Å². The molecule has 2 atom stereocenters. The van der Waals surface area contributed by atoms with Gasteiger partial charge in [-0.3, -0.25) is 4.79 Å². The van der Waals surface area contributed by atoms with Gasteiger partial charge in [0.25, 0.3) is 0 Å². The van der Waals surface area contributed by atoms with E-state index in [2.05, 4.69) is 24.1 Å². The molecule has 4 nitrogen and oxygen atoms in total. The van der Waals surface area contributed by atoms with Gasteiger partial charge in [-0.15, -0.1) is 24.8 Å². The first kappa shape index (κ1) is 23.0. The Morgan fingerprint density at radius 1 is 1.42 bits per heavy atom. The lowest BCUT2D eigenvalue weighted by atomic mass is 10.0. The lowest BCUT2D eigenvalue weighted by Gasteiger charge is -2.35. The van der Waals surface area contributed by atoms with E-state index in [1.807, 2.05) is 6.07 Å². The quantitative estimate of drug-likeness (QED) is 0.825. The Bertz CT molecular complexity index is 516. The van der Waals surface area contributed by atoms with Crippen LogP contribution in [0.25, 0.3) is 0 Å². The molecule has 1 unspecified atom stereocenters. The molecule has 0 bridgehead atoms. The van der Waals surface area contributed by atoms with E-state index in [0.29, 0.717) is 18.9 Å². The maximum atomic E-state index is 13.3. The SMILES string of the molecule is CC(C)C[C@H](N)C(=O)NC1CCCN(c2cccc(F)c2)C1.Cl.Cl. The second-order valence-corrected chi connectivity index (χ2v) is 6.51. The van der Waals surface area contributed by atoms with Gasteiger partial charge in [-0.05, 0) is 43.4 Å². The van der Waals surface area contributed by atoms with Crippen LogP contribution >= 0.6 is 24.8 Å². The number of hydrogen-bond donors (Lipinski definition) is 2. The highest BCUT2D eigenvalue weighted by Crippen LogP contribution is 2.20. The highest BCUT2D eigenvalue weighted by molar-refractivity contribution is 5.85. The van der Waals surface area contributed by atoms with Crippen molar-refractivity contribution >= 4 is 36.4 Å². The van der Waals surface area contributed by atoms with E-state index in [1.165, 1.54) is 12.1 Å². The summed E-state index contributed by atoms with van der Waals surface area (Å²) < 4.78 is 13.3. The summed E-state index contributed by atoms with van der Waals surface area (Å²) >= 11 is 0. The number of hydrogen-bond acceptors (Lipinski definition) is 3. The molecule has 1 heterocycles. The number of rotatable bonds is 5. The van der Waals surface area contributed by atoms with Gasteiger partial charge in [0.1, 0.15) is 5.82 Å². The maximum Gasteiger partial charge on any atom is 0.237 e. The van der Waals surface area contributed by atoms with E-state index >= 15 is 0 Å². The Labute approximate surface area is 156 Å². The molecule has 0 spiro atoms. The normalized spacial score (nSPS) is 18.4. The third kappa shape index (κ3) is 6.83. The molecule has 1 aliphatic rings. The predicted octanol–water partition coefficient (Wildman–Crippen LogP) is 3.13. The van der Waals surface area contributed by atoms with E-state index in [9.17, 15) is 9.18 Å². The minimum atomic E-state index is -0.454. The molecule has 0 saturated carbocycles. The van der Waals surface area contributed by atoms with Crippen molar-refractivity contribution in [3.8, 4) is 0 Å². The number of nitrogens with two attached hydrogens (primary N) is 1. The number of nitrogens with zero attached hydrogens (tertiary/aromatic N) is 1. The molecular weight excluding hydrogens is 352 g/mol. The van der Waals surface area contributed by atoms with Crippen LogP contribution in [0.2, 0.25) is 0 Å². The first-order chi connectivity index (χ1) is 10.5. The summed E-state index contributed by atoms with van der Waals surface area (Å²) in [6.45, 7) is 5.69. The molecule has 138 valence electrons. The van der Waals surface area contributed by atoms with Gasteiger partial charge < -0.3 is 16.0 Å². The summed E-state index contributed by atoms with van der Waals surface area (Å²) in [5, 5.41) is 3.04. The van der Waals surface area contributed by atoms with Gasteiger partial charge in [-0.25, -0.2) is 4.39 Å². The van der Waals surface area contributed by atoms with Crippen molar-refractivity contribution in [2.75, 3.05) is 18.0 Å². The number of amides is 1. The molecule has 1 fully saturated rings. The molecule has 7 heteroatoms. The number of halogens is 3. The van der Waals surface area contributed by atoms with Crippen molar-refractivity contribution in [1.82, 2.24) is 5.32 Å². The third-order valence-electron chi connectivity index (χ3n) is 4.00. The zero-order chi connectivity index (χ0) is 16.1. The van der Waals surface area contributed by atoms with Crippen molar-refractivity contribution in [2.24, 2.45) is 11.7 Å². The second-order valence-electron chi connectivity index (χ2n) is 6.51. The number of anilines is 1. The van der Waals surface area contributed by atoms with E-state index in [0.717, 1.165) is 25.1 Å². The molecule has 1 amide bonds. The molecule has 1 aromatic carbocycles. The van der Waals surface area contributed by atoms with Crippen LogP contribution in [-0.4, -0.2) is 31.1 Å². The van der Waals surface area contributed by atoms with Gasteiger partial charge in [-0.1, -0.05) is 19.9 Å². The van der Waals surface area contributed by atoms with Crippen LogP contribution in [0.5, 0.6) is 0 Å².